The average molecular weight is 368 g/mol. The summed E-state index contributed by atoms with van der Waals surface area (Å²) >= 11 is 13.5. The Morgan fingerprint density at radius 2 is 1.78 bits per heavy atom. The van der Waals surface area contributed by atoms with Crippen molar-refractivity contribution in [3.8, 4) is 11.4 Å². The molecule has 0 bridgehead atoms. The topological polar surface area (TPSA) is 30.7 Å². The normalized spacial score (nSPS) is 11.0. The van der Waals surface area contributed by atoms with Crippen LogP contribution in [-0.4, -0.2) is 14.8 Å². The van der Waals surface area contributed by atoms with Gasteiger partial charge in [-0.25, -0.2) is 4.39 Å². The van der Waals surface area contributed by atoms with Crippen LogP contribution in [0.2, 0.25) is 10.0 Å². The van der Waals surface area contributed by atoms with Crippen molar-refractivity contribution in [2.24, 2.45) is 7.05 Å². The first-order chi connectivity index (χ1) is 11.0. The Morgan fingerprint density at radius 1 is 1.04 bits per heavy atom. The molecule has 0 aliphatic carbocycles. The van der Waals surface area contributed by atoms with Gasteiger partial charge in [0.1, 0.15) is 5.82 Å². The van der Waals surface area contributed by atoms with Crippen molar-refractivity contribution in [3.63, 3.8) is 0 Å². The number of rotatable bonds is 4. The van der Waals surface area contributed by atoms with Gasteiger partial charge in [-0.05, 0) is 35.9 Å². The standard InChI is InChI=1S/C16H12Cl2FN3S/c1-22-15(11-4-7-13(17)14(18)8-11)20-21-16(22)23-9-10-2-5-12(19)6-3-10/h2-8H,9H2,1H3. The fourth-order valence-corrected chi connectivity index (χ4v) is 3.22. The molecule has 0 spiro atoms. The third-order valence-corrected chi connectivity index (χ3v) is 5.12. The van der Waals surface area contributed by atoms with Gasteiger partial charge in [-0.15, -0.1) is 10.2 Å². The van der Waals surface area contributed by atoms with E-state index in [9.17, 15) is 4.39 Å². The van der Waals surface area contributed by atoms with Crippen LogP contribution in [0.4, 0.5) is 4.39 Å². The van der Waals surface area contributed by atoms with Gasteiger partial charge in [0.05, 0.1) is 10.0 Å². The Bertz CT molecular complexity index is 834. The number of nitrogens with zero attached hydrogens (tertiary/aromatic N) is 3. The number of hydrogen-bond donors (Lipinski definition) is 0. The number of benzene rings is 2. The molecule has 0 aliphatic heterocycles. The molecule has 1 aromatic heterocycles. The minimum absolute atomic E-state index is 0.237. The van der Waals surface area contributed by atoms with Crippen LogP contribution in [0, 0.1) is 5.82 Å². The molecule has 7 heteroatoms. The summed E-state index contributed by atoms with van der Waals surface area (Å²) in [5.41, 5.74) is 1.87. The van der Waals surface area contributed by atoms with Gasteiger partial charge in [0.25, 0.3) is 0 Å². The van der Waals surface area contributed by atoms with Crippen molar-refractivity contribution < 1.29 is 4.39 Å². The third-order valence-electron chi connectivity index (χ3n) is 3.29. The van der Waals surface area contributed by atoms with Crippen molar-refractivity contribution >= 4 is 35.0 Å². The van der Waals surface area contributed by atoms with E-state index in [2.05, 4.69) is 10.2 Å². The summed E-state index contributed by atoms with van der Waals surface area (Å²) in [5.74, 6) is 1.16. The van der Waals surface area contributed by atoms with Gasteiger partial charge in [0.15, 0.2) is 11.0 Å². The second-order valence-corrected chi connectivity index (χ2v) is 6.67. The maximum atomic E-state index is 12.9. The molecule has 0 aliphatic rings. The highest BCUT2D eigenvalue weighted by atomic mass is 35.5. The monoisotopic (exact) mass is 367 g/mol. The van der Waals surface area contributed by atoms with Gasteiger partial charge in [-0.1, -0.05) is 47.1 Å². The Kier molecular flexibility index (Phi) is 4.90. The lowest BCUT2D eigenvalue weighted by atomic mass is 10.2. The van der Waals surface area contributed by atoms with E-state index in [1.54, 1.807) is 24.3 Å². The molecule has 0 atom stereocenters. The second-order valence-electron chi connectivity index (χ2n) is 4.91. The fraction of sp³-hybridized carbons (Fsp3) is 0.125. The Morgan fingerprint density at radius 3 is 2.48 bits per heavy atom. The smallest absolute Gasteiger partial charge is 0.191 e. The van der Waals surface area contributed by atoms with Gasteiger partial charge < -0.3 is 4.57 Å². The zero-order valence-electron chi connectivity index (χ0n) is 12.1. The molecule has 0 fully saturated rings. The molecule has 0 saturated heterocycles. The summed E-state index contributed by atoms with van der Waals surface area (Å²) in [5, 5.41) is 10.2. The molecular formula is C16H12Cl2FN3S. The van der Waals surface area contributed by atoms with Crippen molar-refractivity contribution in [1.29, 1.82) is 0 Å². The molecule has 3 rings (SSSR count). The highest BCUT2D eigenvalue weighted by Crippen LogP contribution is 2.29. The summed E-state index contributed by atoms with van der Waals surface area (Å²) in [4.78, 5) is 0. The first-order valence-corrected chi connectivity index (χ1v) is 8.51. The van der Waals surface area contributed by atoms with E-state index < -0.39 is 0 Å². The lowest BCUT2D eigenvalue weighted by molar-refractivity contribution is 0.627. The fourth-order valence-electron chi connectivity index (χ4n) is 2.06. The quantitative estimate of drug-likeness (QED) is 0.592. The van der Waals surface area contributed by atoms with E-state index in [1.165, 1.54) is 23.9 Å². The second kappa shape index (κ2) is 6.91. The van der Waals surface area contributed by atoms with E-state index in [4.69, 9.17) is 23.2 Å². The summed E-state index contributed by atoms with van der Waals surface area (Å²) in [7, 11) is 1.89. The Hall–Kier alpha value is -1.56. The largest absolute Gasteiger partial charge is 0.305 e. The van der Waals surface area contributed by atoms with Crippen LogP contribution in [0.3, 0.4) is 0 Å². The summed E-state index contributed by atoms with van der Waals surface area (Å²) < 4.78 is 14.8. The highest BCUT2D eigenvalue weighted by Gasteiger charge is 2.12. The average Bonchev–Trinajstić information content (AvgIpc) is 2.90. The molecule has 0 unspecified atom stereocenters. The Labute approximate surface area is 147 Å². The lowest BCUT2D eigenvalue weighted by Gasteiger charge is -2.05. The van der Waals surface area contributed by atoms with Crippen molar-refractivity contribution in [2.75, 3.05) is 0 Å². The van der Waals surface area contributed by atoms with E-state index in [0.717, 1.165) is 16.3 Å². The van der Waals surface area contributed by atoms with E-state index in [-0.39, 0.29) is 5.82 Å². The third kappa shape index (κ3) is 3.68. The molecule has 0 amide bonds. The van der Waals surface area contributed by atoms with Gasteiger partial charge in [-0.3, -0.25) is 0 Å². The maximum absolute atomic E-state index is 12.9. The molecule has 0 N–H and O–H groups in total. The number of halogens is 3. The highest BCUT2D eigenvalue weighted by molar-refractivity contribution is 7.98. The van der Waals surface area contributed by atoms with Crippen LogP contribution in [0.5, 0.6) is 0 Å². The molecule has 1 heterocycles. The Balaban J connectivity index is 1.78. The molecule has 0 radical (unpaired) electrons. The molecule has 3 aromatic rings. The first kappa shape index (κ1) is 16.3. The van der Waals surface area contributed by atoms with Crippen molar-refractivity contribution in [1.82, 2.24) is 14.8 Å². The van der Waals surface area contributed by atoms with E-state index >= 15 is 0 Å². The summed E-state index contributed by atoms with van der Waals surface area (Å²) in [6.07, 6.45) is 0. The lowest BCUT2D eigenvalue weighted by Crippen LogP contribution is -1.95. The van der Waals surface area contributed by atoms with Crippen molar-refractivity contribution in [3.05, 3.63) is 63.9 Å². The number of hydrogen-bond acceptors (Lipinski definition) is 3. The van der Waals surface area contributed by atoms with Crippen LogP contribution in [0.25, 0.3) is 11.4 Å². The summed E-state index contributed by atoms with van der Waals surface area (Å²) in [6, 6.07) is 11.8. The SMILES string of the molecule is Cn1c(SCc2ccc(F)cc2)nnc1-c1ccc(Cl)c(Cl)c1. The van der Waals surface area contributed by atoms with Crippen LogP contribution in [-0.2, 0) is 12.8 Å². The predicted octanol–water partition coefficient (Wildman–Crippen LogP) is 5.22. The number of aromatic nitrogens is 3. The van der Waals surface area contributed by atoms with Gasteiger partial charge in [0.2, 0.25) is 0 Å². The minimum atomic E-state index is -0.237. The van der Waals surface area contributed by atoms with Gasteiger partial charge in [-0.2, -0.15) is 0 Å². The van der Waals surface area contributed by atoms with Crippen LogP contribution in [0.15, 0.2) is 47.6 Å². The molecule has 0 saturated carbocycles. The van der Waals surface area contributed by atoms with Gasteiger partial charge in [0, 0.05) is 18.4 Å². The maximum Gasteiger partial charge on any atom is 0.191 e. The van der Waals surface area contributed by atoms with E-state index in [0.29, 0.717) is 21.6 Å². The molecule has 23 heavy (non-hydrogen) atoms. The zero-order chi connectivity index (χ0) is 16.4. The van der Waals surface area contributed by atoms with E-state index in [1.807, 2.05) is 17.7 Å². The minimum Gasteiger partial charge on any atom is -0.305 e. The van der Waals surface area contributed by atoms with Crippen LogP contribution in [0.1, 0.15) is 5.56 Å². The first-order valence-electron chi connectivity index (χ1n) is 6.76. The molecule has 118 valence electrons. The predicted molar refractivity (Wildman–Crippen MR) is 92.4 cm³/mol. The number of thioether (sulfide) groups is 1. The molecule has 3 nitrogen and oxygen atoms in total. The molecular weight excluding hydrogens is 356 g/mol. The van der Waals surface area contributed by atoms with Crippen LogP contribution < -0.4 is 0 Å². The molecule has 2 aromatic carbocycles. The van der Waals surface area contributed by atoms with Crippen molar-refractivity contribution in [2.45, 2.75) is 10.9 Å². The zero-order valence-corrected chi connectivity index (χ0v) is 14.5. The summed E-state index contributed by atoms with van der Waals surface area (Å²) in [6.45, 7) is 0. The van der Waals surface area contributed by atoms with Crippen LogP contribution >= 0.6 is 35.0 Å². The van der Waals surface area contributed by atoms with Gasteiger partial charge >= 0.3 is 0 Å².